The summed E-state index contributed by atoms with van der Waals surface area (Å²) in [6.07, 6.45) is -0.0691. The molecule has 6 nitrogen and oxygen atoms in total. The second-order valence-electron chi connectivity index (χ2n) is 7.58. The van der Waals surface area contributed by atoms with E-state index in [0.717, 1.165) is 11.1 Å². The first-order valence-electron chi connectivity index (χ1n) is 10.2. The summed E-state index contributed by atoms with van der Waals surface area (Å²) >= 11 is 0. The Labute approximate surface area is 178 Å². The van der Waals surface area contributed by atoms with Crippen LogP contribution < -0.4 is 10.6 Å². The first-order chi connectivity index (χ1) is 14.5. The van der Waals surface area contributed by atoms with Gasteiger partial charge in [-0.2, -0.15) is 5.26 Å². The van der Waals surface area contributed by atoms with Gasteiger partial charge in [-0.05, 0) is 36.3 Å². The molecule has 0 heterocycles. The fourth-order valence-electron chi connectivity index (χ4n) is 2.97. The summed E-state index contributed by atoms with van der Waals surface area (Å²) in [7, 11) is 0. The van der Waals surface area contributed by atoms with E-state index in [4.69, 9.17) is 4.74 Å². The maximum absolute atomic E-state index is 12.7. The van der Waals surface area contributed by atoms with Crippen LogP contribution in [-0.2, 0) is 22.5 Å². The van der Waals surface area contributed by atoms with Crippen molar-refractivity contribution in [2.75, 3.05) is 0 Å². The van der Waals surface area contributed by atoms with Crippen molar-refractivity contribution in [1.29, 1.82) is 5.26 Å². The van der Waals surface area contributed by atoms with Gasteiger partial charge in [-0.15, -0.1) is 0 Å². The molecule has 0 aliphatic carbocycles. The Hall–Kier alpha value is -3.33. The number of carbonyl (C=O) groups is 2. The van der Waals surface area contributed by atoms with Gasteiger partial charge in [0.1, 0.15) is 6.04 Å². The molecule has 2 unspecified atom stereocenters. The average Bonchev–Trinajstić information content (AvgIpc) is 2.75. The zero-order valence-electron chi connectivity index (χ0n) is 17.5. The normalized spacial score (nSPS) is 12.5. The van der Waals surface area contributed by atoms with Crippen LogP contribution >= 0.6 is 0 Å². The summed E-state index contributed by atoms with van der Waals surface area (Å²) in [5, 5.41) is 14.8. The number of nitrogens with zero attached hydrogens (tertiary/aromatic N) is 1. The fourth-order valence-corrected chi connectivity index (χ4v) is 2.97. The Balaban J connectivity index is 1.89. The van der Waals surface area contributed by atoms with Crippen molar-refractivity contribution in [2.45, 2.75) is 51.8 Å². The van der Waals surface area contributed by atoms with Crippen molar-refractivity contribution < 1.29 is 14.3 Å². The van der Waals surface area contributed by atoms with Crippen molar-refractivity contribution in [1.82, 2.24) is 10.6 Å². The molecule has 0 spiro atoms. The predicted octanol–water partition coefficient (Wildman–Crippen LogP) is 3.97. The van der Waals surface area contributed by atoms with Crippen molar-refractivity contribution in [3.05, 3.63) is 71.8 Å². The molecule has 0 saturated carbocycles. The highest BCUT2D eigenvalue weighted by Gasteiger charge is 2.26. The van der Waals surface area contributed by atoms with Gasteiger partial charge in [0.05, 0.1) is 6.07 Å². The molecule has 0 aromatic heterocycles. The van der Waals surface area contributed by atoms with Crippen LogP contribution in [0.1, 0.15) is 37.8 Å². The number of benzene rings is 2. The molecular weight excluding hydrogens is 378 g/mol. The second-order valence-corrected chi connectivity index (χ2v) is 7.58. The lowest BCUT2D eigenvalue weighted by Crippen LogP contribution is -2.44. The van der Waals surface area contributed by atoms with Crippen molar-refractivity contribution in [3.63, 3.8) is 0 Å². The van der Waals surface area contributed by atoms with Crippen LogP contribution in [0, 0.1) is 17.2 Å². The van der Waals surface area contributed by atoms with Crippen LogP contribution in [0.5, 0.6) is 0 Å². The number of amides is 2. The molecule has 0 radical (unpaired) electrons. The smallest absolute Gasteiger partial charge is 0.408 e. The molecule has 2 amide bonds. The highest BCUT2D eigenvalue weighted by molar-refractivity contribution is 5.83. The van der Waals surface area contributed by atoms with E-state index in [0.29, 0.717) is 25.8 Å². The maximum atomic E-state index is 12.7. The minimum absolute atomic E-state index is 0.146. The second kappa shape index (κ2) is 12.3. The highest BCUT2D eigenvalue weighted by Crippen LogP contribution is 2.11. The van der Waals surface area contributed by atoms with Gasteiger partial charge in [-0.3, -0.25) is 4.79 Å². The molecule has 158 valence electrons. The number of nitrogens with one attached hydrogen (secondary N) is 2. The van der Waals surface area contributed by atoms with Gasteiger partial charge in [0.2, 0.25) is 0 Å². The lowest BCUT2D eigenvalue weighted by molar-refractivity contribution is -0.130. The number of nitriles is 1. The Morgan fingerprint density at radius 2 is 1.60 bits per heavy atom. The topological polar surface area (TPSA) is 91.2 Å². The van der Waals surface area contributed by atoms with Gasteiger partial charge in [0, 0.05) is 6.54 Å². The number of aryl methyl sites for hydroxylation is 1. The number of hydrogen-bond acceptors (Lipinski definition) is 4. The molecule has 0 fully saturated rings. The maximum Gasteiger partial charge on any atom is 0.408 e. The summed E-state index contributed by atoms with van der Waals surface area (Å²) in [6.45, 7) is 4.21. The van der Waals surface area contributed by atoms with Gasteiger partial charge >= 0.3 is 6.09 Å². The largest absolute Gasteiger partial charge is 0.436 e. The van der Waals surface area contributed by atoms with Gasteiger partial charge < -0.3 is 15.4 Å². The molecule has 2 aromatic rings. The molecule has 0 aliphatic rings. The molecule has 0 aliphatic heterocycles. The lowest BCUT2D eigenvalue weighted by atomic mass is 10.0. The zero-order valence-corrected chi connectivity index (χ0v) is 17.5. The third-order valence-electron chi connectivity index (χ3n) is 4.54. The van der Waals surface area contributed by atoms with Crippen LogP contribution in [0.2, 0.25) is 0 Å². The summed E-state index contributed by atoms with van der Waals surface area (Å²) in [5.74, 6) is -0.300. The van der Waals surface area contributed by atoms with Crippen molar-refractivity contribution >= 4 is 12.0 Å². The summed E-state index contributed by atoms with van der Waals surface area (Å²) < 4.78 is 5.38. The van der Waals surface area contributed by atoms with E-state index in [2.05, 4.69) is 16.7 Å². The first-order valence-corrected chi connectivity index (χ1v) is 10.2. The summed E-state index contributed by atoms with van der Waals surface area (Å²) in [4.78, 5) is 24.9. The van der Waals surface area contributed by atoms with Gasteiger partial charge in [0.15, 0.2) is 6.10 Å². The monoisotopic (exact) mass is 407 g/mol. The number of ether oxygens (including phenoxy) is 1. The molecule has 2 N–H and O–H groups in total. The molecule has 2 rings (SSSR count). The quantitative estimate of drug-likeness (QED) is 0.623. The molecule has 6 heteroatoms. The van der Waals surface area contributed by atoms with E-state index < -0.39 is 24.1 Å². The van der Waals surface area contributed by atoms with E-state index >= 15 is 0 Å². The van der Waals surface area contributed by atoms with E-state index in [1.54, 1.807) is 0 Å². The van der Waals surface area contributed by atoms with Gasteiger partial charge in [-0.1, -0.05) is 74.5 Å². The number of alkyl carbamates (subject to hydrolysis) is 1. The summed E-state index contributed by atoms with van der Waals surface area (Å²) in [6, 6.07) is 20.7. The van der Waals surface area contributed by atoms with Gasteiger partial charge in [-0.25, -0.2) is 4.79 Å². The molecule has 2 aromatic carbocycles. The number of carbonyl (C=O) groups excluding carboxylic acids is 2. The zero-order chi connectivity index (χ0) is 21.8. The van der Waals surface area contributed by atoms with Crippen LogP contribution in [0.15, 0.2) is 60.7 Å². The van der Waals surface area contributed by atoms with Crippen molar-refractivity contribution in [3.8, 4) is 6.07 Å². The molecule has 30 heavy (non-hydrogen) atoms. The minimum Gasteiger partial charge on any atom is -0.436 e. The SMILES string of the molecule is CC(C)CC(OC(=O)NCc1ccccc1)C(=O)NC(C#N)CCc1ccccc1. The average molecular weight is 408 g/mol. The first kappa shape index (κ1) is 23.0. The molecule has 0 saturated heterocycles. The highest BCUT2D eigenvalue weighted by atomic mass is 16.6. The van der Waals surface area contributed by atoms with Crippen LogP contribution in [0.3, 0.4) is 0 Å². The van der Waals surface area contributed by atoms with E-state index in [-0.39, 0.29) is 5.92 Å². The van der Waals surface area contributed by atoms with Crippen LogP contribution in [0.4, 0.5) is 4.79 Å². The van der Waals surface area contributed by atoms with E-state index in [9.17, 15) is 14.9 Å². The van der Waals surface area contributed by atoms with Gasteiger partial charge in [0.25, 0.3) is 5.91 Å². The Morgan fingerprint density at radius 1 is 1.00 bits per heavy atom. The number of hydrogen-bond donors (Lipinski definition) is 2. The van der Waals surface area contributed by atoms with Crippen LogP contribution in [-0.4, -0.2) is 24.1 Å². The van der Waals surface area contributed by atoms with E-state index in [1.165, 1.54) is 0 Å². The third kappa shape index (κ3) is 8.36. The molecule has 2 atom stereocenters. The Morgan fingerprint density at radius 3 is 2.17 bits per heavy atom. The lowest BCUT2D eigenvalue weighted by Gasteiger charge is -2.21. The van der Waals surface area contributed by atoms with Crippen LogP contribution in [0.25, 0.3) is 0 Å². The fraction of sp³-hybridized carbons (Fsp3) is 0.375. The Kier molecular flexibility index (Phi) is 9.39. The Bertz CT molecular complexity index is 832. The third-order valence-corrected chi connectivity index (χ3v) is 4.54. The molecular formula is C24H29N3O3. The minimum atomic E-state index is -0.951. The number of rotatable bonds is 10. The summed E-state index contributed by atoms with van der Waals surface area (Å²) in [5.41, 5.74) is 2.03. The van der Waals surface area contributed by atoms with Crippen molar-refractivity contribution in [2.24, 2.45) is 5.92 Å². The predicted molar refractivity (Wildman–Crippen MR) is 115 cm³/mol. The molecule has 0 bridgehead atoms. The van der Waals surface area contributed by atoms with E-state index in [1.807, 2.05) is 74.5 Å². The standard InChI is InChI=1S/C24H29N3O3/c1-18(2)15-22(30-24(29)26-17-20-11-7-4-8-12-20)23(28)27-21(16-25)14-13-19-9-5-3-6-10-19/h3-12,18,21-22H,13-15,17H2,1-2H3,(H,26,29)(H,27,28).